The van der Waals surface area contributed by atoms with E-state index in [2.05, 4.69) is 10.3 Å². The highest BCUT2D eigenvalue weighted by molar-refractivity contribution is 5.97. The molecular weight excluding hydrogens is 208 g/mol. The number of hydrogen-bond donors (Lipinski definition) is 3. The minimum atomic E-state index is -0.757. The molecule has 1 aromatic heterocycles. The average molecular weight is 224 g/mol. The van der Waals surface area contributed by atoms with Gasteiger partial charge < -0.3 is 15.5 Å². The lowest BCUT2D eigenvalue weighted by atomic mass is 9.98. The van der Waals surface area contributed by atoms with Crippen LogP contribution in [0, 0.1) is 0 Å². The SMILES string of the molecule is CC(O)C(C)(C)NC(=O)c1ccncc1O. The number of aliphatic hydroxyl groups is 1. The van der Waals surface area contributed by atoms with Gasteiger partial charge in [0.05, 0.1) is 23.4 Å². The molecule has 1 aromatic rings. The Kier molecular flexibility index (Phi) is 3.49. The molecule has 1 amide bonds. The molecule has 0 radical (unpaired) electrons. The Hall–Kier alpha value is -1.62. The molecule has 5 heteroatoms. The maximum Gasteiger partial charge on any atom is 0.255 e. The highest BCUT2D eigenvalue weighted by Gasteiger charge is 2.27. The molecule has 5 nitrogen and oxygen atoms in total. The lowest BCUT2D eigenvalue weighted by Gasteiger charge is -2.29. The molecule has 0 fully saturated rings. The number of amides is 1. The zero-order chi connectivity index (χ0) is 12.3. The van der Waals surface area contributed by atoms with E-state index in [9.17, 15) is 15.0 Å². The Morgan fingerprint density at radius 1 is 1.56 bits per heavy atom. The molecule has 0 aliphatic rings. The molecule has 3 N–H and O–H groups in total. The van der Waals surface area contributed by atoms with Crippen molar-refractivity contribution in [3.63, 3.8) is 0 Å². The number of rotatable bonds is 3. The van der Waals surface area contributed by atoms with Gasteiger partial charge in [0.25, 0.3) is 5.91 Å². The van der Waals surface area contributed by atoms with Gasteiger partial charge in [0.1, 0.15) is 5.75 Å². The van der Waals surface area contributed by atoms with Gasteiger partial charge in [0, 0.05) is 6.20 Å². The summed E-state index contributed by atoms with van der Waals surface area (Å²) in [7, 11) is 0. The molecule has 0 aromatic carbocycles. The van der Waals surface area contributed by atoms with Crippen LogP contribution in [-0.4, -0.2) is 32.7 Å². The summed E-state index contributed by atoms with van der Waals surface area (Å²) in [6.07, 6.45) is 1.93. The summed E-state index contributed by atoms with van der Waals surface area (Å²) in [5.74, 6) is -0.618. The molecule has 0 saturated carbocycles. The second-order valence-corrected chi connectivity index (χ2v) is 4.24. The molecule has 0 aliphatic heterocycles. The third-order valence-electron chi connectivity index (χ3n) is 2.52. The fourth-order valence-electron chi connectivity index (χ4n) is 1.04. The first kappa shape index (κ1) is 12.4. The standard InChI is InChI=1S/C11H16N2O3/c1-7(14)11(2,3)13-10(16)8-4-5-12-6-9(8)15/h4-7,14-15H,1-3H3,(H,13,16). The van der Waals surface area contributed by atoms with Crippen molar-refractivity contribution in [3.05, 3.63) is 24.0 Å². The zero-order valence-corrected chi connectivity index (χ0v) is 9.56. The summed E-state index contributed by atoms with van der Waals surface area (Å²) in [6.45, 7) is 4.99. The van der Waals surface area contributed by atoms with Crippen LogP contribution in [0.25, 0.3) is 0 Å². The number of carbonyl (C=O) groups is 1. The van der Waals surface area contributed by atoms with Crippen molar-refractivity contribution in [2.24, 2.45) is 0 Å². The van der Waals surface area contributed by atoms with Crippen LogP contribution in [0.1, 0.15) is 31.1 Å². The van der Waals surface area contributed by atoms with Crippen molar-refractivity contribution in [1.82, 2.24) is 10.3 Å². The van der Waals surface area contributed by atoms with Gasteiger partial charge in [-0.2, -0.15) is 0 Å². The largest absolute Gasteiger partial charge is 0.505 e. The Labute approximate surface area is 94.1 Å². The van der Waals surface area contributed by atoms with E-state index >= 15 is 0 Å². The minimum absolute atomic E-state index is 0.142. The highest BCUT2D eigenvalue weighted by atomic mass is 16.3. The number of nitrogens with zero attached hydrogens (tertiary/aromatic N) is 1. The predicted octanol–water partition coefficient (Wildman–Crippen LogP) is 0.676. The second kappa shape index (κ2) is 4.49. The lowest BCUT2D eigenvalue weighted by molar-refractivity contribution is 0.0707. The molecule has 16 heavy (non-hydrogen) atoms. The molecule has 0 spiro atoms. The van der Waals surface area contributed by atoms with Gasteiger partial charge in [-0.3, -0.25) is 9.78 Å². The van der Waals surface area contributed by atoms with Crippen molar-refractivity contribution < 1.29 is 15.0 Å². The zero-order valence-electron chi connectivity index (χ0n) is 9.56. The van der Waals surface area contributed by atoms with E-state index in [0.717, 1.165) is 0 Å². The van der Waals surface area contributed by atoms with Crippen molar-refractivity contribution in [1.29, 1.82) is 0 Å². The normalized spacial score (nSPS) is 13.2. The molecule has 1 rings (SSSR count). The number of aromatic nitrogens is 1. The molecule has 1 atom stereocenters. The molecular formula is C11H16N2O3. The predicted molar refractivity (Wildman–Crippen MR) is 59.1 cm³/mol. The number of pyridine rings is 1. The van der Waals surface area contributed by atoms with E-state index in [1.54, 1.807) is 20.8 Å². The summed E-state index contributed by atoms with van der Waals surface area (Å²) in [6, 6.07) is 1.42. The Morgan fingerprint density at radius 2 is 2.19 bits per heavy atom. The van der Waals surface area contributed by atoms with Crippen LogP contribution in [0.15, 0.2) is 18.5 Å². The van der Waals surface area contributed by atoms with Crippen LogP contribution in [0.3, 0.4) is 0 Å². The topological polar surface area (TPSA) is 82.5 Å². The van der Waals surface area contributed by atoms with E-state index in [1.165, 1.54) is 18.5 Å². The first-order valence-electron chi connectivity index (χ1n) is 4.98. The smallest absolute Gasteiger partial charge is 0.255 e. The van der Waals surface area contributed by atoms with E-state index in [0.29, 0.717) is 0 Å². The number of aliphatic hydroxyl groups excluding tert-OH is 1. The fraction of sp³-hybridized carbons (Fsp3) is 0.455. The maximum atomic E-state index is 11.8. The van der Waals surface area contributed by atoms with Crippen LogP contribution in [-0.2, 0) is 0 Å². The fourth-order valence-corrected chi connectivity index (χ4v) is 1.04. The van der Waals surface area contributed by atoms with Gasteiger partial charge in [-0.15, -0.1) is 0 Å². The Balaban J connectivity index is 2.85. The molecule has 0 saturated heterocycles. The summed E-state index contributed by atoms with van der Waals surface area (Å²) in [5, 5.41) is 21.5. The van der Waals surface area contributed by atoms with Gasteiger partial charge in [-0.05, 0) is 26.8 Å². The summed E-state index contributed by atoms with van der Waals surface area (Å²) >= 11 is 0. The van der Waals surface area contributed by atoms with Crippen LogP contribution in [0.5, 0.6) is 5.75 Å². The first-order valence-corrected chi connectivity index (χ1v) is 4.98. The van der Waals surface area contributed by atoms with E-state index in [4.69, 9.17) is 0 Å². The maximum absolute atomic E-state index is 11.8. The van der Waals surface area contributed by atoms with E-state index in [-0.39, 0.29) is 11.3 Å². The first-order chi connectivity index (χ1) is 7.34. The Morgan fingerprint density at radius 3 is 2.69 bits per heavy atom. The van der Waals surface area contributed by atoms with Gasteiger partial charge >= 0.3 is 0 Å². The van der Waals surface area contributed by atoms with Crippen molar-refractivity contribution in [3.8, 4) is 5.75 Å². The average Bonchev–Trinajstić information content (AvgIpc) is 2.17. The third-order valence-corrected chi connectivity index (χ3v) is 2.52. The van der Waals surface area contributed by atoms with Gasteiger partial charge in [-0.1, -0.05) is 0 Å². The molecule has 1 unspecified atom stereocenters. The quantitative estimate of drug-likeness (QED) is 0.705. The van der Waals surface area contributed by atoms with E-state index in [1.807, 2.05) is 0 Å². The van der Waals surface area contributed by atoms with Crippen molar-refractivity contribution >= 4 is 5.91 Å². The Bertz CT molecular complexity index is 389. The van der Waals surface area contributed by atoms with Crippen LogP contribution >= 0.6 is 0 Å². The van der Waals surface area contributed by atoms with Crippen molar-refractivity contribution in [2.45, 2.75) is 32.4 Å². The minimum Gasteiger partial charge on any atom is -0.505 e. The number of hydrogen-bond acceptors (Lipinski definition) is 4. The van der Waals surface area contributed by atoms with Crippen molar-refractivity contribution in [2.75, 3.05) is 0 Å². The molecule has 88 valence electrons. The number of aromatic hydroxyl groups is 1. The lowest BCUT2D eigenvalue weighted by Crippen LogP contribution is -2.50. The second-order valence-electron chi connectivity index (χ2n) is 4.24. The molecule has 0 bridgehead atoms. The van der Waals surface area contributed by atoms with Gasteiger partial charge in [0.2, 0.25) is 0 Å². The van der Waals surface area contributed by atoms with E-state index < -0.39 is 17.6 Å². The summed E-state index contributed by atoms with van der Waals surface area (Å²) < 4.78 is 0. The summed E-state index contributed by atoms with van der Waals surface area (Å²) in [4.78, 5) is 15.5. The van der Waals surface area contributed by atoms with Crippen LogP contribution in [0.4, 0.5) is 0 Å². The molecule has 1 heterocycles. The highest BCUT2D eigenvalue weighted by Crippen LogP contribution is 2.16. The molecule has 0 aliphatic carbocycles. The van der Waals surface area contributed by atoms with Gasteiger partial charge in [-0.25, -0.2) is 0 Å². The monoisotopic (exact) mass is 224 g/mol. The number of nitrogens with one attached hydrogen (secondary N) is 1. The summed E-state index contributed by atoms with van der Waals surface area (Å²) in [5.41, 5.74) is -0.615. The number of carbonyl (C=O) groups excluding carboxylic acids is 1. The van der Waals surface area contributed by atoms with Gasteiger partial charge in [0.15, 0.2) is 0 Å². The van der Waals surface area contributed by atoms with Crippen LogP contribution in [0.2, 0.25) is 0 Å². The van der Waals surface area contributed by atoms with Crippen LogP contribution < -0.4 is 5.32 Å². The third kappa shape index (κ3) is 2.70.